The van der Waals surface area contributed by atoms with Crippen LogP contribution in [0.15, 0.2) is 0 Å². The lowest BCUT2D eigenvalue weighted by atomic mass is 10.2. The first-order chi connectivity index (χ1) is 6.35. The maximum Gasteiger partial charge on any atom is 0.375 e. The molecule has 0 fully saturated rings. The van der Waals surface area contributed by atoms with E-state index >= 15 is 0 Å². The number of ether oxygens (including phenoxy) is 1. The van der Waals surface area contributed by atoms with Gasteiger partial charge in [0.1, 0.15) is 0 Å². The molecule has 1 atom stereocenters. The maximum absolute atomic E-state index is 10.8. The van der Waals surface area contributed by atoms with Crippen LogP contribution in [0.5, 0.6) is 0 Å². The molecule has 0 aliphatic carbocycles. The van der Waals surface area contributed by atoms with Crippen molar-refractivity contribution in [1.29, 1.82) is 0 Å². The molecule has 0 bridgehead atoms. The van der Waals surface area contributed by atoms with Crippen LogP contribution in [-0.2, 0) is 23.4 Å². The zero-order valence-electron chi connectivity index (χ0n) is 8.06. The third kappa shape index (κ3) is 7.76. The second-order valence-electron chi connectivity index (χ2n) is 2.70. The van der Waals surface area contributed by atoms with Crippen LogP contribution in [0.25, 0.3) is 0 Å². The summed E-state index contributed by atoms with van der Waals surface area (Å²) in [5, 5.41) is 0. The number of esters is 1. The average Bonchev–Trinajstić information content (AvgIpc) is 2.00. The summed E-state index contributed by atoms with van der Waals surface area (Å²) in [4.78, 5) is 30.1. The highest BCUT2D eigenvalue weighted by Gasteiger charge is 2.16. The van der Waals surface area contributed by atoms with Gasteiger partial charge in [-0.3, -0.25) is 9.59 Å². The van der Waals surface area contributed by atoms with Crippen molar-refractivity contribution in [3.05, 3.63) is 0 Å². The van der Waals surface area contributed by atoms with E-state index in [0.717, 1.165) is 6.66 Å². The lowest BCUT2D eigenvalue weighted by Crippen LogP contribution is -2.05. The Balaban J connectivity index is 3.66. The Morgan fingerprint density at radius 3 is 2.21 bits per heavy atom. The zero-order valence-corrected chi connectivity index (χ0v) is 8.95. The summed E-state index contributed by atoms with van der Waals surface area (Å²) in [6, 6.07) is 0. The van der Waals surface area contributed by atoms with Crippen molar-refractivity contribution >= 4 is 19.5 Å². The Labute approximate surface area is 81.7 Å². The van der Waals surface area contributed by atoms with Gasteiger partial charge in [0, 0.05) is 19.5 Å². The normalized spacial score (nSPS) is 14.2. The molecule has 1 N–H and O–H groups in total. The van der Waals surface area contributed by atoms with E-state index in [-0.39, 0.29) is 19.3 Å². The minimum Gasteiger partial charge on any atom is -0.469 e. The predicted molar refractivity (Wildman–Crippen MR) is 47.7 cm³/mol. The average molecular weight is 224 g/mol. The molecule has 0 rings (SSSR count). The van der Waals surface area contributed by atoms with Crippen LogP contribution in [0.4, 0.5) is 0 Å². The van der Waals surface area contributed by atoms with Crippen LogP contribution < -0.4 is 0 Å². The van der Waals surface area contributed by atoms with E-state index in [4.69, 9.17) is 4.89 Å². The van der Waals surface area contributed by atoms with E-state index in [1.807, 2.05) is 0 Å². The molecule has 0 aromatic rings. The van der Waals surface area contributed by atoms with E-state index in [1.54, 1.807) is 0 Å². The summed E-state index contributed by atoms with van der Waals surface area (Å²) in [7, 11) is -2.51. The summed E-state index contributed by atoms with van der Waals surface area (Å²) in [5.41, 5.74) is 0. The zero-order chi connectivity index (χ0) is 11.2. The molecule has 0 aromatic heterocycles. The first-order valence-electron chi connectivity index (χ1n) is 3.94. The number of hydrogen-bond acceptors (Lipinski definition) is 5. The van der Waals surface area contributed by atoms with E-state index in [1.165, 1.54) is 7.11 Å². The Bertz CT molecular complexity index is 255. The van der Waals surface area contributed by atoms with Crippen molar-refractivity contribution in [3.63, 3.8) is 0 Å². The molecule has 7 heteroatoms. The standard InChI is InChI=1S/C7H13O6P/c1-12-6(8)4-3-5-7(9)13-14(2,10)11/h3-5H2,1-2H3,(H,10,11). The number of hydrogen-bond donors (Lipinski definition) is 1. The third-order valence-corrected chi connectivity index (χ3v) is 1.80. The molecule has 0 saturated carbocycles. The first-order valence-corrected chi connectivity index (χ1v) is 5.97. The number of carbonyl (C=O) groups excluding carboxylic acids is 2. The van der Waals surface area contributed by atoms with Gasteiger partial charge in [0.05, 0.1) is 7.11 Å². The van der Waals surface area contributed by atoms with Gasteiger partial charge in [0.15, 0.2) is 0 Å². The monoisotopic (exact) mass is 224 g/mol. The highest BCUT2D eigenvalue weighted by Crippen LogP contribution is 2.37. The first kappa shape index (κ1) is 13.1. The molecule has 0 amide bonds. The SMILES string of the molecule is COC(=O)CCCC(=O)OP(C)(=O)O. The summed E-state index contributed by atoms with van der Waals surface area (Å²) in [6.45, 7) is 0.922. The summed E-state index contributed by atoms with van der Waals surface area (Å²) in [5.74, 6) is -1.22. The molecular weight excluding hydrogens is 211 g/mol. The fourth-order valence-corrected chi connectivity index (χ4v) is 1.18. The van der Waals surface area contributed by atoms with Gasteiger partial charge in [-0.15, -0.1) is 0 Å². The molecule has 0 saturated heterocycles. The van der Waals surface area contributed by atoms with Gasteiger partial charge < -0.3 is 14.2 Å². The third-order valence-electron chi connectivity index (χ3n) is 1.26. The van der Waals surface area contributed by atoms with E-state index in [9.17, 15) is 14.2 Å². The quantitative estimate of drug-likeness (QED) is 0.545. The van der Waals surface area contributed by atoms with Crippen LogP contribution in [0.3, 0.4) is 0 Å². The Morgan fingerprint density at radius 2 is 1.79 bits per heavy atom. The van der Waals surface area contributed by atoms with Gasteiger partial charge in [-0.05, 0) is 6.42 Å². The lowest BCUT2D eigenvalue weighted by Gasteiger charge is -2.05. The minimum absolute atomic E-state index is 0.0759. The molecule has 1 unspecified atom stereocenters. The number of carbonyl (C=O) groups is 2. The molecule has 0 spiro atoms. The van der Waals surface area contributed by atoms with Crippen molar-refractivity contribution < 1.29 is 28.3 Å². The molecule has 82 valence electrons. The van der Waals surface area contributed by atoms with Crippen molar-refractivity contribution in [2.75, 3.05) is 13.8 Å². The van der Waals surface area contributed by atoms with Gasteiger partial charge in [0.25, 0.3) is 0 Å². The van der Waals surface area contributed by atoms with Gasteiger partial charge in [-0.1, -0.05) is 0 Å². The molecule has 6 nitrogen and oxygen atoms in total. The van der Waals surface area contributed by atoms with Crippen molar-refractivity contribution in [3.8, 4) is 0 Å². The fourth-order valence-electron chi connectivity index (χ4n) is 0.714. The van der Waals surface area contributed by atoms with Crippen LogP contribution in [0, 0.1) is 0 Å². The van der Waals surface area contributed by atoms with Gasteiger partial charge >= 0.3 is 19.5 Å². The molecule has 0 aliphatic heterocycles. The fraction of sp³-hybridized carbons (Fsp3) is 0.714. The maximum atomic E-state index is 10.8. The number of methoxy groups -OCH3 is 1. The van der Waals surface area contributed by atoms with E-state index in [0.29, 0.717) is 0 Å². The minimum atomic E-state index is -3.76. The second kappa shape index (κ2) is 5.78. The molecule has 0 aromatic carbocycles. The molecule has 0 heterocycles. The predicted octanol–water partition coefficient (Wildman–Crippen LogP) is 0.688. The molecular formula is C7H13O6P. The summed E-state index contributed by atoms with van der Waals surface area (Å²) >= 11 is 0. The van der Waals surface area contributed by atoms with Crippen LogP contribution in [0.2, 0.25) is 0 Å². The second-order valence-corrected chi connectivity index (χ2v) is 4.48. The summed E-state index contributed by atoms with van der Waals surface area (Å²) < 4.78 is 19.1. The molecule has 14 heavy (non-hydrogen) atoms. The van der Waals surface area contributed by atoms with Crippen molar-refractivity contribution in [2.24, 2.45) is 0 Å². The van der Waals surface area contributed by atoms with Gasteiger partial charge in [-0.2, -0.15) is 0 Å². The van der Waals surface area contributed by atoms with Crippen molar-refractivity contribution in [2.45, 2.75) is 19.3 Å². The van der Waals surface area contributed by atoms with Gasteiger partial charge in [0.2, 0.25) is 0 Å². The Kier molecular flexibility index (Phi) is 5.42. The van der Waals surface area contributed by atoms with Crippen LogP contribution in [-0.4, -0.2) is 30.6 Å². The Morgan fingerprint density at radius 1 is 1.29 bits per heavy atom. The highest BCUT2D eigenvalue weighted by atomic mass is 31.2. The lowest BCUT2D eigenvalue weighted by molar-refractivity contribution is -0.141. The highest BCUT2D eigenvalue weighted by molar-refractivity contribution is 7.52. The van der Waals surface area contributed by atoms with Crippen LogP contribution >= 0.6 is 7.60 Å². The smallest absolute Gasteiger partial charge is 0.375 e. The summed E-state index contributed by atoms with van der Waals surface area (Å²) in [6.07, 6.45) is 0.254. The number of rotatable bonds is 5. The molecule has 0 radical (unpaired) electrons. The Hall–Kier alpha value is -0.870. The van der Waals surface area contributed by atoms with Gasteiger partial charge in [-0.25, -0.2) is 4.57 Å². The topological polar surface area (TPSA) is 89.9 Å². The van der Waals surface area contributed by atoms with Crippen LogP contribution in [0.1, 0.15) is 19.3 Å². The van der Waals surface area contributed by atoms with E-state index < -0.39 is 19.5 Å². The largest absolute Gasteiger partial charge is 0.469 e. The molecule has 0 aliphatic rings. The van der Waals surface area contributed by atoms with Crippen molar-refractivity contribution in [1.82, 2.24) is 0 Å². The van der Waals surface area contributed by atoms with E-state index in [2.05, 4.69) is 9.26 Å².